The highest BCUT2D eigenvalue weighted by atomic mass is 16.1. The first kappa shape index (κ1) is 11.3. The number of amides is 1. The van der Waals surface area contributed by atoms with Crippen molar-refractivity contribution < 1.29 is 4.79 Å². The van der Waals surface area contributed by atoms with E-state index in [9.17, 15) is 4.79 Å². The third-order valence-corrected chi connectivity index (χ3v) is 0.426. The van der Waals surface area contributed by atoms with Crippen LogP contribution in [0.3, 0.4) is 0 Å². The molecule has 2 nitrogen and oxygen atoms in total. The van der Waals surface area contributed by atoms with Crippen molar-refractivity contribution in [3.8, 4) is 0 Å². The Labute approximate surface area is 57.6 Å². The van der Waals surface area contributed by atoms with Crippen LogP contribution in [0.5, 0.6) is 0 Å². The SMILES string of the molecule is CCC.CCNC(C)=O. The van der Waals surface area contributed by atoms with Crippen molar-refractivity contribution in [2.45, 2.75) is 34.1 Å². The van der Waals surface area contributed by atoms with E-state index in [0.717, 1.165) is 6.54 Å². The Morgan fingerprint density at radius 1 is 1.33 bits per heavy atom. The average Bonchev–Trinajstić information content (AvgIpc) is 1.67. The Kier molecular flexibility index (Phi) is 13.1. The van der Waals surface area contributed by atoms with E-state index in [1.165, 1.54) is 13.3 Å². The van der Waals surface area contributed by atoms with E-state index in [0.29, 0.717) is 0 Å². The fourth-order valence-corrected chi connectivity index (χ4v) is 0.249. The normalized spacial score (nSPS) is 7.11. The molecule has 0 fully saturated rings. The van der Waals surface area contributed by atoms with E-state index in [-0.39, 0.29) is 5.91 Å². The molecule has 0 aromatic carbocycles. The summed E-state index contributed by atoms with van der Waals surface area (Å²) in [7, 11) is 0. The monoisotopic (exact) mass is 131 g/mol. The summed E-state index contributed by atoms with van der Waals surface area (Å²) in [5.74, 6) is 0.0394. The molecule has 0 heterocycles. The summed E-state index contributed by atoms with van der Waals surface area (Å²) >= 11 is 0. The molecule has 0 aromatic heterocycles. The predicted octanol–water partition coefficient (Wildman–Crippen LogP) is 1.56. The van der Waals surface area contributed by atoms with E-state index in [1.807, 2.05) is 6.92 Å². The molecule has 0 aromatic rings. The van der Waals surface area contributed by atoms with Gasteiger partial charge in [-0.15, -0.1) is 0 Å². The molecule has 0 aliphatic rings. The summed E-state index contributed by atoms with van der Waals surface area (Å²) in [6.07, 6.45) is 1.25. The third kappa shape index (κ3) is 36.6. The van der Waals surface area contributed by atoms with Gasteiger partial charge < -0.3 is 5.32 Å². The smallest absolute Gasteiger partial charge is 0.216 e. The number of nitrogens with one attached hydrogen (secondary N) is 1. The van der Waals surface area contributed by atoms with Crippen molar-refractivity contribution in [2.24, 2.45) is 0 Å². The topological polar surface area (TPSA) is 29.1 Å². The van der Waals surface area contributed by atoms with Crippen molar-refractivity contribution in [2.75, 3.05) is 6.54 Å². The first-order valence-corrected chi connectivity index (χ1v) is 3.43. The highest BCUT2D eigenvalue weighted by Gasteiger charge is 1.78. The molecule has 0 atom stereocenters. The van der Waals surface area contributed by atoms with Crippen LogP contribution in [-0.4, -0.2) is 12.5 Å². The largest absolute Gasteiger partial charge is 0.357 e. The van der Waals surface area contributed by atoms with Gasteiger partial charge in [-0.1, -0.05) is 20.3 Å². The Morgan fingerprint density at radius 3 is 1.67 bits per heavy atom. The zero-order valence-corrected chi connectivity index (χ0v) is 6.82. The van der Waals surface area contributed by atoms with E-state index in [4.69, 9.17) is 0 Å². The van der Waals surface area contributed by atoms with Gasteiger partial charge in [0.25, 0.3) is 0 Å². The highest BCUT2D eigenvalue weighted by Crippen LogP contribution is 1.56. The van der Waals surface area contributed by atoms with Crippen LogP contribution in [0, 0.1) is 0 Å². The van der Waals surface area contributed by atoms with Crippen LogP contribution in [0.2, 0.25) is 0 Å². The first-order valence-electron chi connectivity index (χ1n) is 3.43. The second-order valence-electron chi connectivity index (χ2n) is 1.79. The van der Waals surface area contributed by atoms with Crippen molar-refractivity contribution in [1.82, 2.24) is 5.32 Å². The fraction of sp³-hybridized carbons (Fsp3) is 0.857. The molecule has 56 valence electrons. The number of rotatable bonds is 1. The Hall–Kier alpha value is -0.530. The second-order valence-corrected chi connectivity index (χ2v) is 1.79. The van der Waals surface area contributed by atoms with Crippen molar-refractivity contribution in [3.63, 3.8) is 0 Å². The van der Waals surface area contributed by atoms with Crippen molar-refractivity contribution >= 4 is 5.91 Å². The highest BCUT2D eigenvalue weighted by molar-refractivity contribution is 5.72. The minimum Gasteiger partial charge on any atom is -0.357 e. The molecule has 0 unspecified atom stereocenters. The fourth-order valence-electron chi connectivity index (χ4n) is 0.249. The van der Waals surface area contributed by atoms with Gasteiger partial charge in [0, 0.05) is 13.5 Å². The molecule has 1 N–H and O–H groups in total. The maximum Gasteiger partial charge on any atom is 0.216 e. The van der Waals surface area contributed by atoms with Crippen LogP contribution in [0.15, 0.2) is 0 Å². The summed E-state index contributed by atoms with van der Waals surface area (Å²) in [6, 6.07) is 0. The van der Waals surface area contributed by atoms with Gasteiger partial charge >= 0.3 is 0 Å². The lowest BCUT2D eigenvalue weighted by atomic mass is 10.6. The summed E-state index contributed by atoms with van der Waals surface area (Å²) in [5.41, 5.74) is 0. The molecule has 0 saturated heterocycles. The van der Waals surface area contributed by atoms with Gasteiger partial charge in [-0.3, -0.25) is 4.79 Å². The zero-order valence-electron chi connectivity index (χ0n) is 6.82. The first-order chi connectivity index (χ1) is 4.18. The molecule has 0 aliphatic carbocycles. The molecule has 0 rings (SSSR count). The third-order valence-electron chi connectivity index (χ3n) is 0.426. The molecular formula is C7H17NO. The van der Waals surface area contributed by atoms with Crippen molar-refractivity contribution in [1.29, 1.82) is 0 Å². The van der Waals surface area contributed by atoms with Crippen LogP contribution in [0.25, 0.3) is 0 Å². The van der Waals surface area contributed by atoms with Gasteiger partial charge in [0.2, 0.25) is 5.91 Å². The molecule has 0 bridgehead atoms. The zero-order chi connectivity index (χ0) is 7.70. The molecular weight excluding hydrogens is 114 g/mol. The minimum atomic E-state index is 0.0394. The van der Waals surface area contributed by atoms with Gasteiger partial charge in [-0.05, 0) is 6.92 Å². The number of hydrogen-bond donors (Lipinski definition) is 1. The van der Waals surface area contributed by atoms with E-state index >= 15 is 0 Å². The lowest BCUT2D eigenvalue weighted by Crippen LogP contribution is -2.18. The van der Waals surface area contributed by atoms with Gasteiger partial charge in [0.1, 0.15) is 0 Å². The Morgan fingerprint density at radius 2 is 1.67 bits per heavy atom. The number of carbonyl (C=O) groups excluding carboxylic acids is 1. The van der Waals surface area contributed by atoms with Crippen LogP contribution in [0.4, 0.5) is 0 Å². The van der Waals surface area contributed by atoms with E-state index < -0.39 is 0 Å². The summed E-state index contributed by atoms with van der Waals surface area (Å²) in [4.78, 5) is 9.93. The Balaban J connectivity index is 0. The molecule has 9 heavy (non-hydrogen) atoms. The Bertz CT molecular complexity index is 61.9. The van der Waals surface area contributed by atoms with Gasteiger partial charge in [-0.25, -0.2) is 0 Å². The summed E-state index contributed by atoms with van der Waals surface area (Å²) < 4.78 is 0. The van der Waals surface area contributed by atoms with Crippen molar-refractivity contribution in [3.05, 3.63) is 0 Å². The standard InChI is InChI=1S/C4H9NO.C3H8/c1-3-5-4(2)6;1-3-2/h3H2,1-2H3,(H,5,6);3H2,1-2H3. The summed E-state index contributed by atoms with van der Waals surface area (Å²) in [6.45, 7) is 8.38. The second kappa shape index (κ2) is 10.5. The van der Waals surface area contributed by atoms with E-state index in [1.54, 1.807) is 0 Å². The molecule has 1 amide bonds. The van der Waals surface area contributed by atoms with E-state index in [2.05, 4.69) is 19.2 Å². The predicted molar refractivity (Wildman–Crippen MR) is 40.3 cm³/mol. The van der Waals surface area contributed by atoms with Gasteiger partial charge in [0.15, 0.2) is 0 Å². The van der Waals surface area contributed by atoms with Crippen LogP contribution >= 0.6 is 0 Å². The molecule has 0 aliphatic heterocycles. The lowest BCUT2D eigenvalue weighted by Gasteiger charge is -1.88. The number of carbonyl (C=O) groups is 1. The van der Waals surface area contributed by atoms with Crippen LogP contribution in [0.1, 0.15) is 34.1 Å². The molecule has 2 heteroatoms. The molecule has 0 spiro atoms. The quantitative estimate of drug-likeness (QED) is 0.575. The lowest BCUT2D eigenvalue weighted by molar-refractivity contribution is -0.118. The maximum atomic E-state index is 9.93. The molecule has 0 saturated carbocycles. The van der Waals surface area contributed by atoms with Gasteiger partial charge in [-0.2, -0.15) is 0 Å². The summed E-state index contributed by atoms with van der Waals surface area (Å²) in [5, 5.41) is 2.57. The van der Waals surface area contributed by atoms with Gasteiger partial charge in [0.05, 0.1) is 0 Å². The maximum absolute atomic E-state index is 9.93. The average molecular weight is 131 g/mol. The van der Waals surface area contributed by atoms with Crippen LogP contribution in [-0.2, 0) is 4.79 Å². The number of hydrogen-bond acceptors (Lipinski definition) is 1. The molecule has 0 radical (unpaired) electrons. The minimum absolute atomic E-state index is 0.0394. The van der Waals surface area contributed by atoms with Crippen LogP contribution < -0.4 is 5.32 Å².